The fraction of sp³-hybridized carbons (Fsp3) is 0.235. The molecule has 25 heavy (non-hydrogen) atoms. The first-order valence-electron chi connectivity index (χ1n) is 7.23. The third-order valence-electron chi connectivity index (χ3n) is 3.44. The number of methoxy groups -OCH3 is 2. The van der Waals surface area contributed by atoms with Crippen LogP contribution in [0.3, 0.4) is 0 Å². The number of carbonyl (C=O) groups is 1. The molecule has 0 saturated heterocycles. The maximum atomic E-state index is 13.7. The topological polar surface area (TPSA) is 50.8 Å². The summed E-state index contributed by atoms with van der Waals surface area (Å²) in [5.74, 6) is 0.00397. The zero-order valence-corrected chi connectivity index (χ0v) is 15.4. The Morgan fingerprint density at radius 3 is 2.32 bits per heavy atom. The summed E-state index contributed by atoms with van der Waals surface area (Å²) in [5, 5.41) is 3.24. The maximum Gasteiger partial charge on any atom is 0.321 e. The SMILES string of the molecule is COc1ccc(CN(C)C(=O)Nc2cc(Cl)c(OC)c(Cl)c2)cc1F. The monoisotopic (exact) mass is 386 g/mol. The van der Waals surface area contributed by atoms with Gasteiger partial charge in [-0.1, -0.05) is 29.3 Å². The number of hydrogen-bond donors (Lipinski definition) is 1. The quantitative estimate of drug-likeness (QED) is 0.801. The van der Waals surface area contributed by atoms with E-state index >= 15 is 0 Å². The van der Waals surface area contributed by atoms with Crippen LogP contribution in [0.15, 0.2) is 30.3 Å². The summed E-state index contributed by atoms with van der Waals surface area (Å²) < 4.78 is 23.7. The number of benzene rings is 2. The zero-order chi connectivity index (χ0) is 18.6. The number of rotatable bonds is 5. The predicted octanol–water partition coefficient (Wildman–Crippen LogP) is 4.81. The molecule has 0 aliphatic rings. The molecule has 0 radical (unpaired) electrons. The standard InChI is InChI=1S/C17H17Cl2FN2O3/c1-22(9-10-4-5-15(24-2)14(20)6-10)17(23)21-11-7-12(18)16(25-3)13(19)8-11/h4-8H,9H2,1-3H3,(H,21,23). The van der Waals surface area contributed by atoms with Gasteiger partial charge >= 0.3 is 6.03 Å². The number of halogens is 3. The normalized spacial score (nSPS) is 10.3. The van der Waals surface area contributed by atoms with E-state index in [9.17, 15) is 9.18 Å². The maximum absolute atomic E-state index is 13.7. The van der Waals surface area contributed by atoms with E-state index in [-0.39, 0.29) is 22.3 Å². The largest absolute Gasteiger partial charge is 0.494 e. The summed E-state index contributed by atoms with van der Waals surface area (Å²) in [5.41, 5.74) is 1.05. The lowest BCUT2D eigenvalue weighted by atomic mass is 10.2. The van der Waals surface area contributed by atoms with Crippen molar-refractivity contribution in [2.45, 2.75) is 6.54 Å². The average Bonchev–Trinajstić information content (AvgIpc) is 2.54. The van der Waals surface area contributed by atoms with Crippen LogP contribution in [0.1, 0.15) is 5.56 Å². The number of ether oxygens (including phenoxy) is 2. The van der Waals surface area contributed by atoms with Crippen LogP contribution in [-0.2, 0) is 6.54 Å². The van der Waals surface area contributed by atoms with Gasteiger partial charge < -0.3 is 19.7 Å². The molecule has 8 heteroatoms. The molecule has 1 N–H and O–H groups in total. The fourth-order valence-corrected chi connectivity index (χ4v) is 2.84. The second-order valence-corrected chi connectivity index (χ2v) is 6.04. The number of anilines is 1. The summed E-state index contributed by atoms with van der Waals surface area (Å²) in [7, 11) is 4.43. The molecule has 0 aliphatic carbocycles. The Labute approximate surface area is 155 Å². The molecule has 0 aliphatic heterocycles. The highest BCUT2D eigenvalue weighted by Crippen LogP contribution is 2.35. The van der Waals surface area contributed by atoms with Gasteiger partial charge in [0.1, 0.15) is 0 Å². The van der Waals surface area contributed by atoms with Gasteiger partial charge in [-0.2, -0.15) is 0 Å². The number of nitrogens with zero attached hydrogens (tertiary/aromatic N) is 1. The molecule has 2 amide bonds. The Morgan fingerprint density at radius 2 is 1.80 bits per heavy atom. The van der Waals surface area contributed by atoms with Gasteiger partial charge in [0.15, 0.2) is 17.3 Å². The fourth-order valence-electron chi connectivity index (χ4n) is 2.20. The average molecular weight is 387 g/mol. The molecule has 5 nitrogen and oxygen atoms in total. The smallest absolute Gasteiger partial charge is 0.321 e. The Balaban J connectivity index is 2.06. The van der Waals surface area contributed by atoms with E-state index in [1.165, 1.54) is 43.4 Å². The van der Waals surface area contributed by atoms with Crippen LogP contribution in [-0.4, -0.2) is 32.2 Å². The molecule has 0 heterocycles. The van der Waals surface area contributed by atoms with Crippen molar-refractivity contribution >= 4 is 34.9 Å². The van der Waals surface area contributed by atoms with Crippen LogP contribution in [0.25, 0.3) is 0 Å². The lowest BCUT2D eigenvalue weighted by molar-refractivity contribution is 0.220. The minimum Gasteiger partial charge on any atom is -0.494 e. The second-order valence-electron chi connectivity index (χ2n) is 5.23. The number of hydrogen-bond acceptors (Lipinski definition) is 3. The molecule has 0 bridgehead atoms. The van der Waals surface area contributed by atoms with Gasteiger partial charge in [0, 0.05) is 19.3 Å². The van der Waals surface area contributed by atoms with Crippen molar-refractivity contribution in [2.24, 2.45) is 0 Å². The third-order valence-corrected chi connectivity index (χ3v) is 4.00. The molecule has 0 fully saturated rings. The van der Waals surface area contributed by atoms with Gasteiger partial charge in [-0.15, -0.1) is 0 Å². The zero-order valence-electron chi connectivity index (χ0n) is 13.9. The van der Waals surface area contributed by atoms with Crippen LogP contribution in [0.4, 0.5) is 14.9 Å². The lowest BCUT2D eigenvalue weighted by Crippen LogP contribution is -2.30. The number of amides is 2. The highest BCUT2D eigenvalue weighted by Gasteiger charge is 2.14. The minimum absolute atomic E-state index is 0.151. The summed E-state index contributed by atoms with van der Waals surface area (Å²) in [6, 6.07) is 7.19. The molecule has 0 atom stereocenters. The van der Waals surface area contributed by atoms with Crippen molar-refractivity contribution in [2.75, 3.05) is 26.6 Å². The minimum atomic E-state index is -0.484. The Kier molecular flexibility index (Phi) is 6.33. The van der Waals surface area contributed by atoms with E-state index in [0.717, 1.165) is 0 Å². The van der Waals surface area contributed by atoms with Crippen LogP contribution in [0, 0.1) is 5.82 Å². The third kappa shape index (κ3) is 4.67. The van der Waals surface area contributed by atoms with Gasteiger partial charge in [-0.05, 0) is 29.8 Å². The first kappa shape index (κ1) is 19.1. The van der Waals surface area contributed by atoms with Crippen molar-refractivity contribution in [3.05, 3.63) is 51.8 Å². The molecule has 0 aromatic heterocycles. The first-order chi connectivity index (χ1) is 11.8. The van der Waals surface area contributed by atoms with E-state index in [1.807, 2.05) is 0 Å². The Hall–Kier alpha value is -2.18. The summed E-state index contributed by atoms with van der Waals surface area (Å²) in [4.78, 5) is 13.7. The molecule has 2 aromatic rings. The first-order valence-corrected chi connectivity index (χ1v) is 7.99. The summed E-state index contributed by atoms with van der Waals surface area (Å²) >= 11 is 12.1. The molecular formula is C17H17Cl2FN2O3. The van der Waals surface area contributed by atoms with E-state index in [4.69, 9.17) is 32.7 Å². The molecule has 2 aromatic carbocycles. The van der Waals surface area contributed by atoms with Crippen molar-refractivity contribution in [3.63, 3.8) is 0 Å². The van der Waals surface area contributed by atoms with Crippen LogP contribution >= 0.6 is 23.2 Å². The summed E-state index contributed by atoms with van der Waals surface area (Å²) in [6.45, 7) is 0.213. The van der Waals surface area contributed by atoms with E-state index in [0.29, 0.717) is 17.0 Å². The van der Waals surface area contributed by atoms with E-state index in [2.05, 4.69) is 5.32 Å². The molecule has 0 saturated carbocycles. The van der Waals surface area contributed by atoms with Crippen molar-refractivity contribution < 1.29 is 18.7 Å². The van der Waals surface area contributed by atoms with E-state index in [1.54, 1.807) is 13.1 Å². The van der Waals surface area contributed by atoms with Crippen LogP contribution < -0.4 is 14.8 Å². The molecular weight excluding hydrogens is 370 g/mol. The predicted molar refractivity (Wildman–Crippen MR) is 96.5 cm³/mol. The van der Waals surface area contributed by atoms with Crippen molar-refractivity contribution in [3.8, 4) is 11.5 Å². The molecule has 0 spiro atoms. The second kappa shape index (κ2) is 8.27. The van der Waals surface area contributed by atoms with Gasteiger partial charge in [0.05, 0.1) is 24.3 Å². The number of nitrogens with one attached hydrogen (secondary N) is 1. The summed E-state index contributed by atoms with van der Waals surface area (Å²) in [6.07, 6.45) is 0. The molecule has 0 unspecified atom stereocenters. The lowest BCUT2D eigenvalue weighted by Gasteiger charge is -2.19. The van der Waals surface area contributed by atoms with Gasteiger partial charge in [-0.3, -0.25) is 0 Å². The van der Waals surface area contributed by atoms with Gasteiger partial charge in [-0.25, -0.2) is 9.18 Å². The Bertz CT molecular complexity index is 763. The highest BCUT2D eigenvalue weighted by atomic mass is 35.5. The van der Waals surface area contributed by atoms with Crippen LogP contribution in [0.5, 0.6) is 11.5 Å². The van der Waals surface area contributed by atoms with Crippen molar-refractivity contribution in [1.29, 1.82) is 0 Å². The molecule has 134 valence electrons. The van der Waals surface area contributed by atoms with E-state index < -0.39 is 11.8 Å². The Morgan fingerprint density at radius 1 is 1.16 bits per heavy atom. The number of carbonyl (C=O) groups excluding carboxylic acids is 1. The molecule has 2 rings (SSSR count). The van der Waals surface area contributed by atoms with Crippen molar-refractivity contribution in [1.82, 2.24) is 4.90 Å². The van der Waals surface area contributed by atoms with Crippen LogP contribution in [0.2, 0.25) is 10.0 Å². The highest BCUT2D eigenvalue weighted by molar-refractivity contribution is 6.37. The van der Waals surface area contributed by atoms with Gasteiger partial charge in [0.25, 0.3) is 0 Å². The number of urea groups is 1. The van der Waals surface area contributed by atoms with Gasteiger partial charge in [0.2, 0.25) is 0 Å².